The third kappa shape index (κ3) is 5.91. The van der Waals surface area contributed by atoms with E-state index >= 15 is 0 Å². The molecule has 3 nitrogen and oxygen atoms in total. The quantitative estimate of drug-likeness (QED) is 0.693. The van der Waals surface area contributed by atoms with Crippen LogP contribution in [0.2, 0.25) is 0 Å². The van der Waals surface area contributed by atoms with Gasteiger partial charge in [0.25, 0.3) is 0 Å². The molecule has 2 aromatic rings. The van der Waals surface area contributed by atoms with E-state index in [2.05, 4.69) is 67.2 Å². The molecule has 1 aliphatic carbocycles. The van der Waals surface area contributed by atoms with E-state index in [0.29, 0.717) is 0 Å². The minimum absolute atomic E-state index is 0.190. The summed E-state index contributed by atoms with van der Waals surface area (Å²) in [7, 11) is 0. The van der Waals surface area contributed by atoms with Crippen LogP contribution in [-0.4, -0.2) is 22.9 Å². The molecule has 0 saturated heterocycles. The number of carboxylic acids is 1. The molecule has 0 amide bonds. The number of thiol groups is 1. The number of rotatable bonds is 4. The highest BCUT2D eigenvalue weighted by Crippen LogP contribution is 2.37. The Kier molecular flexibility index (Phi) is 8.02. The van der Waals surface area contributed by atoms with E-state index in [1.54, 1.807) is 5.56 Å². The van der Waals surface area contributed by atoms with Gasteiger partial charge in [-0.05, 0) is 35.4 Å². The summed E-state index contributed by atoms with van der Waals surface area (Å²) < 4.78 is 0. The second kappa shape index (κ2) is 10.3. The molecule has 0 radical (unpaired) electrons. The van der Waals surface area contributed by atoms with Crippen LogP contribution in [0.3, 0.4) is 0 Å². The van der Waals surface area contributed by atoms with Crippen molar-refractivity contribution < 1.29 is 9.90 Å². The van der Waals surface area contributed by atoms with E-state index in [1.807, 2.05) is 0 Å². The molecule has 1 atom stereocenters. The van der Waals surface area contributed by atoms with E-state index in [1.165, 1.54) is 43.2 Å². The topological polar surface area (TPSA) is 63.3 Å². The Morgan fingerprint density at radius 3 is 2.20 bits per heavy atom. The molecule has 0 aliphatic heterocycles. The summed E-state index contributed by atoms with van der Waals surface area (Å²) in [5.74, 6) is -0.0415. The van der Waals surface area contributed by atoms with Crippen molar-refractivity contribution in [2.75, 3.05) is 5.75 Å². The lowest BCUT2D eigenvalue weighted by molar-refractivity contribution is -0.137. The van der Waals surface area contributed by atoms with Crippen LogP contribution in [0.15, 0.2) is 54.6 Å². The highest BCUT2D eigenvalue weighted by molar-refractivity contribution is 7.80. The fraction of sp³-hybridized carbons (Fsp3) is 0.381. The van der Waals surface area contributed by atoms with Crippen molar-refractivity contribution in [3.8, 4) is 11.1 Å². The molecular weight excluding hydrogens is 330 g/mol. The van der Waals surface area contributed by atoms with E-state index in [-0.39, 0.29) is 5.75 Å². The first-order valence-corrected chi connectivity index (χ1v) is 9.50. The first-order chi connectivity index (χ1) is 12.1. The average molecular weight is 358 g/mol. The monoisotopic (exact) mass is 357 g/mol. The third-order valence-electron chi connectivity index (χ3n) is 4.60. The number of carbonyl (C=O) groups is 1. The van der Waals surface area contributed by atoms with Crippen LogP contribution >= 0.6 is 12.6 Å². The number of carboxylic acid groups (broad SMARTS) is 1. The third-order valence-corrected chi connectivity index (χ3v) is 5.00. The van der Waals surface area contributed by atoms with Gasteiger partial charge in [-0.2, -0.15) is 12.6 Å². The Morgan fingerprint density at radius 1 is 1.04 bits per heavy atom. The average Bonchev–Trinajstić information content (AvgIpc) is 2.69. The van der Waals surface area contributed by atoms with Crippen LogP contribution in [-0.2, 0) is 4.79 Å². The molecule has 0 heterocycles. The molecule has 2 aromatic carbocycles. The summed E-state index contributed by atoms with van der Waals surface area (Å²) in [5, 5.41) is 8.01. The maximum Gasteiger partial charge on any atom is 0.321 e. The van der Waals surface area contributed by atoms with Crippen LogP contribution < -0.4 is 5.73 Å². The van der Waals surface area contributed by atoms with Crippen LogP contribution in [0.1, 0.15) is 43.6 Å². The minimum atomic E-state index is -1.00. The highest BCUT2D eigenvalue weighted by Gasteiger charge is 2.18. The molecule has 1 saturated carbocycles. The van der Waals surface area contributed by atoms with Crippen molar-refractivity contribution in [2.45, 2.75) is 44.1 Å². The molecule has 3 rings (SSSR count). The predicted octanol–water partition coefficient (Wildman–Crippen LogP) is 4.73. The minimum Gasteiger partial charge on any atom is -0.480 e. The number of hydrogen-bond donors (Lipinski definition) is 3. The second-order valence-electron chi connectivity index (χ2n) is 6.42. The van der Waals surface area contributed by atoms with E-state index < -0.39 is 12.0 Å². The van der Waals surface area contributed by atoms with Crippen molar-refractivity contribution in [3.63, 3.8) is 0 Å². The summed E-state index contributed by atoms with van der Waals surface area (Å²) in [5.41, 5.74) is 9.29. The molecule has 0 bridgehead atoms. The van der Waals surface area contributed by atoms with Gasteiger partial charge in [-0.3, -0.25) is 4.79 Å². The van der Waals surface area contributed by atoms with Crippen molar-refractivity contribution in [1.82, 2.24) is 0 Å². The van der Waals surface area contributed by atoms with E-state index in [0.717, 1.165) is 5.92 Å². The Hall–Kier alpha value is -1.78. The van der Waals surface area contributed by atoms with Crippen LogP contribution in [0.4, 0.5) is 0 Å². The number of aliphatic carboxylic acids is 1. The molecule has 1 aliphatic rings. The van der Waals surface area contributed by atoms with Gasteiger partial charge in [0.15, 0.2) is 0 Å². The summed E-state index contributed by atoms with van der Waals surface area (Å²) in [6.07, 6.45) is 6.94. The maximum absolute atomic E-state index is 9.76. The van der Waals surface area contributed by atoms with E-state index in [9.17, 15) is 4.79 Å². The molecule has 25 heavy (non-hydrogen) atoms. The Balaban J connectivity index is 0.000000277. The Bertz CT molecular complexity index is 654. The molecule has 0 spiro atoms. The fourth-order valence-electron chi connectivity index (χ4n) is 3.23. The molecule has 3 N–H and O–H groups in total. The zero-order valence-electron chi connectivity index (χ0n) is 14.5. The Morgan fingerprint density at radius 2 is 1.64 bits per heavy atom. The predicted molar refractivity (Wildman–Crippen MR) is 107 cm³/mol. The van der Waals surface area contributed by atoms with Gasteiger partial charge in [0.2, 0.25) is 0 Å². The summed E-state index contributed by atoms with van der Waals surface area (Å²) in [6.45, 7) is 0. The van der Waals surface area contributed by atoms with Gasteiger partial charge < -0.3 is 10.8 Å². The maximum atomic E-state index is 9.76. The van der Waals surface area contributed by atoms with Crippen LogP contribution in [0.25, 0.3) is 11.1 Å². The lowest BCUT2D eigenvalue weighted by Crippen LogP contribution is -2.31. The van der Waals surface area contributed by atoms with Crippen LogP contribution in [0.5, 0.6) is 0 Å². The zero-order chi connectivity index (χ0) is 18.1. The molecular formula is C21H27NO2S. The summed E-state index contributed by atoms with van der Waals surface area (Å²) >= 11 is 3.65. The molecule has 134 valence electrons. The normalized spacial score (nSPS) is 15.8. The second-order valence-corrected chi connectivity index (χ2v) is 6.78. The van der Waals surface area contributed by atoms with Gasteiger partial charge >= 0.3 is 5.97 Å². The zero-order valence-corrected chi connectivity index (χ0v) is 15.4. The summed E-state index contributed by atoms with van der Waals surface area (Å²) in [6, 6.07) is 18.9. The smallest absolute Gasteiger partial charge is 0.321 e. The van der Waals surface area contributed by atoms with Gasteiger partial charge in [-0.15, -0.1) is 0 Å². The lowest BCUT2D eigenvalue weighted by Gasteiger charge is -2.24. The van der Waals surface area contributed by atoms with Gasteiger partial charge in [-0.1, -0.05) is 73.9 Å². The van der Waals surface area contributed by atoms with E-state index in [4.69, 9.17) is 10.8 Å². The van der Waals surface area contributed by atoms with Crippen molar-refractivity contribution in [3.05, 3.63) is 60.2 Å². The van der Waals surface area contributed by atoms with Gasteiger partial charge in [-0.25, -0.2) is 0 Å². The largest absolute Gasteiger partial charge is 0.480 e. The fourth-order valence-corrected chi connectivity index (χ4v) is 3.38. The van der Waals surface area contributed by atoms with Crippen molar-refractivity contribution in [2.24, 2.45) is 5.73 Å². The number of hydrogen-bond acceptors (Lipinski definition) is 3. The molecule has 1 unspecified atom stereocenters. The highest BCUT2D eigenvalue weighted by atomic mass is 32.1. The standard InChI is InChI=1S/C18H20.C3H7NO2S/c1-3-9-15(10-4-1)17-13-7-8-14-18(17)16-11-5-2-6-12-16;4-2(1-7)3(5)6/h1,3-4,7-10,13-14,16H,2,5-6,11-12H2;2,7H,1,4H2,(H,5,6). The summed E-state index contributed by atoms with van der Waals surface area (Å²) in [4.78, 5) is 9.76. The lowest BCUT2D eigenvalue weighted by atomic mass is 9.81. The molecule has 1 fully saturated rings. The van der Waals surface area contributed by atoms with Gasteiger partial charge in [0.1, 0.15) is 6.04 Å². The van der Waals surface area contributed by atoms with Crippen LogP contribution in [0, 0.1) is 0 Å². The number of benzene rings is 2. The van der Waals surface area contributed by atoms with Crippen molar-refractivity contribution >= 4 is 18.6 Å². The Labute approximate surface area is 155 Å². The van der Waals surface area contributed by atoms with Gasteiger partial charge in [0, 0.05) is 5.75 Å². The molecule has 4 heteroatoms. The molecule has 0 aromatic heterocycles. The SMILES string of the molecule is NC(CS)C(=O)O.c1ccc(-c2ccccc2C2CCCCC2)cc1. The van der Waals surface area contributed by atoms with Crippen molar-refractivity contribution in [1.29, 1.82) is 0 Å². The first-order valence-electron chi connectivity index (χ1n) is 8.87. The number of nitrogens with two attached hydrogens (primary N) is 1. The first kappa shape index (κ1) is 19.5. The van der Waals surface area contributed by atoms with Gasteiger partial charge in [0.05, 0.1) is 0 Å².